The highest BCUT2D eigenvalue weighted by molar-refractivity contribution is 6.74. The van der Waals surface area contributed by atoms with Gasteiger partial charge >= 0.3 is 0 Å². The zero-order valence-electron chi connectivity index (χ0n) is 19.0. The minimum atomic E-state index is -1.73. The molecule has 0 aliphatic heterocycles. The molecule has 0 aromatic carbocycles. The standard InChI is InChI=1S/C24H42O2Si/c1-21(2,3)27(7,8)26-20-12-10-15-23(6)19(20)13-16-24(23)17-18(24)11-9-14-22(4,5)25/h18-20,25H,10,12-17H2,1-8H3/t18-,19-,20-,23-,24-/m0/s1. The van der Waals surface area contributed by atoms with E-state index in [9.17, 15) is 5.11 Å². The molecule has 5 atom stereocenters. The van der Waals surface area contributed by atoms with Gasteiger partial charge in [0.15, 0.2) is 8.32 Å². The van der Waals surface area contributed by atoms with Crippen LogP contribution in [0.4, 0.5) is 0 Å². The van der Waals surface area contributed by atoms with Crippen LogP contribution in [0.15, 0.2) is 0 Å². The molecular weight excluding hydrogens is 348 g/mol. The fourth-order valence-electron chi connectivity index (χ4n) is 5.78. The van der Waals surface area contributed by atoms with Crippen molar-refractivity contribution in [1.82, 2.24) is 0 Å². The second kappa shape index (κ2) is 6.61. The van der Waals surface area contributed by atoms with Crippen LogP contribution < -0.4 is 0 Å². The van der Waals surface area contributed by atoms with Gasteiger partial charge in [-0.1, -0.05) is 40.0 Å². The molecule has 0 aromatic rings. The number of hydrogen-bond acceptors (Lipinski definition) is 2. The lowest BCUT2D eigenvalue weighted by molar-refractivity contribution is -0.0184. The molecule has 0 unspecified atom stereocenters. The Kier molecular flexibility index (Phi) is 5.24. The Morgan fingerprint density at radius 1 is 1.11 bits per heavy atom. The zero-order chi connectivity index (χ0) is 20.3. The average molecular weight is 391 g/mol. The van der Waals surface area contributed by atoms with Crippen LogP contribution in [0.5, 0.6) is 0 Å². The summed E-state index contributed by atoms with van der Waals surface area (Å²) in [6.45, 7) is 18.1. The van der Waals surface area contributed by atoms with Crippen LogP contribution in [-0.4, -0.2) is 25.1 Å². The summed E-state index contributed by atoms with van der Waals surface area (Å²) in [6, 6.07) is 0. The number of fused-ring (bicyclic) bond motifs is 2. The highest BCUT2D eigenvalue weighted by Crippen LogP contribution is 2.76. The van der Waals surface area contributed by atoms with Gasteiger partial charge in [0, 0.05) is 18.4 Å². The Bertz CT molecular complexity index is 629. The fourth-order valence-corrected chi connectivity index (χ4v) is 7.17. The van der Waals surface area contributed by atoms with E-state index >= 15 is 0 Å². The fraction of sp³-hybridized carbons (Fsp3) is 0.917. The second-order valence-electron chi connectivity index (χ2n) is 12.1. The first-order valence-electron chi connectivity index (χ1n) is 11.1. The Hall–Kier alpha value is -0.303. The minimum absolute atomic E-state index is 0.280. The lowest BCUT2D eigenvalue weighted by Crippen LogP contribution is -2.50. The summed E-state index contributed by atoms with van der Waals surface area (Å²) >= 11 is 0. The van der Waals surface area contributed by atoms with Crippen molar-refractivity contribution in [2.75, 3.05) is 0 Å². The van der Waals surface area contributed by atoms with Gasteiger partial charge in [-0.3, -0.25) is 0 Å². The van der Waals surface area contributed by atoms with Crippen LogP contribution in [0, 0.1) is 34.5 Å². The second-order valence-corrected chi connectivity index (χ2v) is 16.9. The van der Waals surface area contributed by atoms with Crippen LogP contribution in [-0.2, 0) is 4.43 Å². The van der Waals surface area contributed by atoms with E-state index < -0.39 is 13.9 Å². The van der Waals surface area contributed by atoms with Gasteiger partial charge in [-0.05, 0) is 80.8 Å². The summed E-state index contributed by atoms with van der Waals surface area (Å²) in [5.74, 6) is 8.10. The van der Waals surface area contributed by atoms with E-state index in [0.717, 1.165) is 0 Å². The SMILES string of the molecule is CC(C)(O)CC#C[C@H]1C[C@@]12CC[C@H]1[C@@H](O[Si](C)(C)C(C)(C)C)CCC[C@@]12C. The quantitative estimate of drug-likeness (QED) is 0.463. The molecule has 1 spiro atoms. The van der Waals surface area contributed by atoms with Gasteiger partial charge in [-0.15, -0.1) is 5.92 Å². The normalized spacial score (nSPS) is 39.1. The molecule has 0 amide bonds. The summed E-state index contributed by atoms with van der Waals surface area (Å²) in [7, 11) is -1.73. The lowest BCUT2D eigenvalue weighted by Gasteiger charge is -2.49. The predicted octanol–water partition coefficient (Wildman–Crippen LogP) is 6.15. The molecule has 2 nitrogen and oxygen atoms in total. The average Bonchev–Trinajstić information content (AvgIpc) is 3.10. The lowest BCUT2D eigenvalue weighted by atomic mass is 9.62. The van der Waals surface area contributed by atoms with Crippen LogP contribution >= 0.6 is 0 Å². The van der Waals surface area contributed by atoms with E-state index in [1.54, 1.807) is 0 Å². The maximum atomic E-state index is 9.94. The van der Waals surface area contributed by atoms with Crippen molar-refractivity contribution in [2.24, 2.45) is 22.7 Å². The Morgan fingerprint density at radius 2 is 1.78 bits per heavy atom. The number of rotatable bonds is 3. The molecule has 3 rings (SSSR count). The maximum Gasteiger partial charge on any atom is 0.192 e. The first kappa shape index (κ1) is 21.4. The molecule has 3 aliphatic rings. The van der Waals surface area contributed by atoms with E-state index in [-0.39, 0.29) is 5.04 Å². The summed E-state index contributed by atoms with van der Waals surface area (Å²) in [4.78, 5) is 0. The first-order chi connectivity index (χ1) is 12.2. The van der Waals surface area contributed by atoms with E-state index in [0.29, 0.717) is 35.2 Å². The number of hydrogen-bond donors (Lipinski definition) is 1. The van der Waals surface area contributed by atoms with Gasteiger partial charge in [-0.25, -0.2) is 0 Å². The first-order valence-corrected chi connectivity index (χ1v) is 14.0. The van der Waals surface area contributed by atoms with Crippen LogP contribution in [0.2, 0.25) is 18.1 Å². The van der Waals surface area contributed by atoms with Crippen LogP contribution in [0.1, 0.15) is 86.5 Å². The molecule has 0 radical (unpaired) electrons. The van der Waals surface area contributed by atoms with E-state index in [1.165, 1.54) is 38.5 Å². The monoisotopic (exact) mass is 390 g/mol. The van der Waals surface area contributed by atoms with Crippen molar-refractivity contribution in [3.8, 4) is 11.8 Å². The molecule has 3 aliphatic carbocycles. The van der Waals surface area contributed by atoms with Crippen molar-refractivity contribution in [3.05, 3.63) is 0 Å². The third-order valence-electron chi connectivity index (χ3n) is 8.62. The van der Waals surface area contributed by atoms with E-state index in [4.69, 9.17) is 4.43 Å². The molecule has 0 saturated heterocycles. The van der Waals surface area contributed by atoms with Gasteiger partial charge in [-0.2, -0.15) is 0 Å². The van der Waals surface area contributed by atoms with Gasteiger partial charge in [0.05, 0.1) is 5.60 Å². The van der Waals surface area contributed by atoms with Crippen molar-refractivity contribution in [2.45, 2.75) is 116 Å². The van der Waals surface area contributed by atoms with Crippen molar-refractivity contribution in [1.29, 1.82) is 0 Å². The molecule has 3 saturated carbocycles. The maximum absolute atomic E-state index is 9.94. The summed E-state index contributed by atoms with van der Waals surface area (Å²) in [6.07, 6.45) is 8.85. The molecule has 154 valence electrons. The topological polar surface area (TPSA) is 29.5 Å². The molecule has 0 bridgehead atoms. The van der Waals surface area contributed by atoms with Crippen LogP contribution in [0.3, 0.4) is 0 Å². The Balaban J connectivity index is 1.74. The largest absolute Gasteiger partial charge is 0.414 e. The molecule has 1 N–H and O–H groups in total. The molecule has 0 heterocycles. The molecule has 3 fully saturated rings. The summed E-state index contributed by atoms with van der Waals surface area (Å²) in [5, 5.41) is 10.2. The van der Waals surface area contributed by atoms with Crippen LogP contribution in [0.25, 0.3) is 0 Å². The van der Waals surface area contributed by atoms with E-state index in [2.05, 4.69) is 52.6 Å². The molecule has 3 heteroatoms. The molecule has 0 aromatic heterocycles. The summed E-state index contributed by atoms with van der Waals surface area (Å²) < 4.78 is 6.97. The highest BCUT2D eigenvalue weighted by Gasteiger charge is 2.70. The molecule has 27 heavy (non-hydrogen) atoms. The van der Waals surface area contributed by atoms with Gasteiger partial charge in [0.25, 0.3) is 0 Å². The third-order valence-corrected chi connectivity index (χ3v) is 13.1. The minimum Gasteiger partial charge on any atom is -0.414 e. The number of aliphatic hydroxyl groups is 1. The summed E-state index contributed by atoms with van der Waals surface area (Å²) in [5.41, 5.74) is 0.149. The Labute approximate surface area is 169 Å². The highest BCUT2D eigenvalue weighted by atomic mass is 28.4. The van der Waals surface area contributed by atoms with E-state index in [1.807, 2.05) is 13.8 Å². The van der Waals surface area contributed by atoms with Gasteiger partial charge < -0.3 is 9.53 Å². The van der Waals surface area contributed by atoms with Crippen molar-refractivity contribution >= 4 is 8.32 Å². The smallest absolute Gasteiger partial charge is 0.192 e. The zero-order valence-corrected chi connectivity index (χ0v) is 20.0. The van der Waals surface area contributed by atoms with Gasteiger partial charge in [0.1, 0.15) is 0 Å². The van der Waals surface area contributed by atoms with Gasteiger partial charge in [0.2, 0.25) is 0 Å². The molecular formula is C24H42O2Si. The Morgan fingerprint density at radius 3 is 2.37 bits per heavy atom. The third kappa shape index (κ3) is 3.79. The van der Waals surface area contributed by atoms with Crippen molar-refractivity contribution < 1.29 is 9.53 Å². The van der Waals surface area contributed by atoms with Crippen molar-refractivity contribution in [3.63, 3.8) is 0 Å². The predicted molar refractivity (Wildman–Crippen MR) is 116 cm³/mol.